The number of sulfonamides is 1. The van der Waals surface area contributed by atoms with Gasteiger partial charge in [-0.1, -0.05) is 24.3 Å². The van der Waals surface area contributed by atoms with Crippen LogP contribution in [0.1, 0.15) is 61.5 Å². The van der Waals surface area contributed by atoms with E-state index in [2.05, 4.69) is 24.7 Å². The number of hydrogen-bond donors (Lipinski definition) is 1. The van der Waals surface area contributed by atoms with Crippen LogP contribution in [0.3, 0.4) is 0 Å². The van der Waals surface area contributed by atoms with Gasteiger partial charge in [0.2, 0.25) is 10.0 Å². The first-order valence-corrected chi connectivity index (χ1v) is 18.2. The zero-order valence-electron chi connectivity index (χ0n) is 26.3. The molecule has 4 saturated carbocycles. The lowest BCUT2D eigenvalue weighted by Crippen LogP contribution is -2.51. The Hall–Kier alpha value is -3.57. The molecule has 5 fully saturated rings. The smallest absolute Gasteiger partial charge is 0.285 e. The number of rotatable bonds is 10. The number of carbonyl (C=O) groups excluding carboxylic acids is 1. The summed E-state index contributed by atoms with van der Waals surface area (Å²) >= 11 is 0. The number of benzene rings is 2. The lowest BCUT2D eigenvalue weighted by Gasteiger charge is -2.56. The van der Waals surface area contributed by atoms with E-state index in [1.165, 1.54) is 19.3 Å². The molecule has 0 unspecified atom stereocenters. The second kappa shape index (κ2) is 12.6. The van der Waals surface area contributed by atoms with E-state index in [4.69, 9.17) is 4.74 Å². The maximum atomic E-state index is 15.1. The van der Waals surface area contributed by atoms with Crippen LogP contribution in [0.4, 0.5) is 10.2 Å². The summed E-state index contributed by atoms with van der Waals surface area (Å²) in [5.74, 6) is 2.31. The Morgan fingerprint density at radius 1 is 0.957 bits per heavy atom. The third kappa shape index (κ3) is 6.76. The van der Waals surface area contributed by atoms with Crippen molar-refractivity contribution in [3.63, 3.8) is 0 Å². The summed E-state index contributed by atoms with van der Waals surface area (Å²) in [6, 6.07) is 16.1. The normalized spacial score (nSPS) is 25.9. The van der Waals surface area contributed by atoms with Gasteiger partial charge >= 0.3 is 0 Å². The Morgan fingerprint density at radius 3 is 2.30 bits per heavy atom. The van der Waals surface area contributed by atoms with E-state index in [1.807, 2.05) is 43.3 Å². The van der Waals surface area contributed by atoms with Crippen molar-refractivity contribution in [3.05, 3.63) is 71.7 Å². The second-order valence-electron chi connectivity index (χ2n) is 13.9. The standard InChI is InChI=1S/C35H42FN5O4S/c1-2-45-29-5-3-4-28(18-29)30-7-6-24(17-31(30)36)22-40-10-12-41(13-11-40)33-9-8-32(37-38-33)34(42)39-46(43,44)23-35-19-25-14-26(20-35)16-27(15-25)21-35/h3-9,17-18,25-27H,2,10-16,19-23H2,1H3,(H,39,42). The van der Waals surface area contributed by atoms with Crippen molar-refractivity contribution >= 4 is 21.7 Å². The van der Waals surface area contributed by atoms with E-state index in [-0.39, 0.29) is 22.7 Å². The molecule has 0 atom stereocenters. The summed E-state index contributed by atoms with van der Waals surface area (Å²) in [5.41, 5.74) is 2.04. The first kappa shape index (κ1) is 31.1. The molecule has 9 nitrogen and oxygen atoms in total. The van der Waals surface area contributed by atoms with Crippen LogP contribution >= 0.6 is 0 Å². The van der Waals surface area contributed by atoms with Gasteiger partial charge in [0.1, 0.15) is 11.6 Å². The van der Waals surface area contributed by atoms with E-state index < -0.39 is 15.9 Å². The maximum Gasteiger partial charge on any atom is 0.285 e. The molecule has 11 heteroatoms. The Balaban J connectivity index is 0.908. The van der Waals surface area contributed by atoms with Crippen molar-refractivity contribution in [1.29, 1.82) is 0 Å². The fourth-order valence-corrected chi connectivity index (χ4v) is 10.5. The monoisotopic (exact) mass is 647 g/mol. The molecule has 1 amide bonds. The lowest BCUT2D eigenvalue weighted by molar-refractivity contribution is -0.0391. The van der Waals surface area contributed by atoms with Gasteiger partial charge in [-0.15, -0.1) is 10.2 Å². The zero-order chi connectivity index (χ0) is 31.9. The van der Waals surface area contributed by atoms with Crippen molar-refractivity contribution in [1.82, 2.24) is 19.8 Å². The van der Waals surface area contributed by atoms with Crippen LogP contribution in [0.25, 0.3) is 11.1 Å². The first-order valence-electron chi connectivity index (χ1n) is 16.5. The van der Waals surface area contributed by atoms with E-state index in [9.17, 15) is 13.2 Å². The highest BCUT2D eigenvalue weighted by Crippen LogP contribution is 2.60. The molecule has 3 aromatic rings. The SMILES string of the molecule is CCOc1cccc(-c2ccc(CN3CCN(c4ccc(C(=O)NS(=O)(=O)CC56CC7CC(CC(C7)C5)C6)nn4)CC3)cc2F)c1. The fraction of sp³-hybridized carbons (Fsp3) is 0.514. The Bertz CT molecular complexity index is 1660. The fourth-order valence-electron chi connectivity index (χ4n) is 8.92. The number of piperazine rings is 1. The minimum atomic E-state index is -3.79. The summed E-state index contributed by atoms with van der Waals surface area (Å²) < 4.78 is 49.1. The van der Waals surface area contributed by atoms with Crippen LogP contribution in [-0.2, 0) is 16.6 Å². The van der Waals surface area contributed by atoms with Gasteiger partial charge in [0, 0.05) is 38.3 Å². The van der Waals surface area contributed by atoms with Crippen LogP contribution in [0.2, 0.25) is 0 Å². The molecule has 4 bridgehead atoms. The van der Waals surface area contributed by atoms with Crippen molar-refractivity contribution in [2.75, 3.05) is 43.4 Å². The van der Waals surface area contributed by atoms with Gasteiger partial charge in [0.05, 0.1) is 12.4 Å². The highest BCUT2D eigenvalue weighted by molar-refractivity contribution is 7.90. The first-order chi connectivity index (χ1) is 22.2. The number of aromatic nitrogens is 2. The maximum absolute atomic E-state index is 15.1. The van der Waals surface area contributed by atoms with Crippen molar-refractivity contribution < 1.29 is 22.3 Å². The largest absolute Gasteiger partial charge is 0.494 e. The third-order valence-corrected chi connectivity index (χ3v) is 11.9. The van der Waals surface area contributed by atoms with Crippen LogP contribution < -0.4 is 14.4 Å². The molecule has 1 aromatic heterocycles. The van der Waals surface area contributed by atoms with Gasteiger partial charge in [-0.05, 0) is 110 Å². The molecule has 1 aliphatic heterocycles. The average Bonchev–Trinajstić information content (AvgIpc) is 3.00. The van der Waals surface area contributed by atoms with Gasteiger partial charge < -0.3 is 9.64 Å². The Labute approximate surface area is 270 Å². The van der Waals surface area contributed by atoms with Crippen molar-refractivity contribution in [2.24, 2.45) is 23.2 Å². The molecule has 0 spiro atoms. The summed E-state index contributed by atoms with van der Waals surface area (Å²) in [6.07, 6.45) is 6.60. The summed E-state index contributed by atoms with van der Waals surface area (Å²) in [7, 11) is -3.79. The topological polar surface area (TPSA) is 105 Å². The minimum Gasteiger partial charge on any atom is -0.494 e. The molecule has 4 aliphatic carbocycles. The number of nitrogens with zero attached hydrogens (tertiary/aromatic N) is 4. The average molecular weight is 648 g/mol. The lowest BCUT2D eigenvalue weighted by atomic mass is 9.50. The molecule has 2 aromatic carbocycles. The number of anilines is 1. The number of hydrogen-bond acceptors (Lipinski definition) is 8. The molecule has 1 saturated heterocycles. The summed E-state index contributed by atoms with van der Waals surface area (Å²) in [5, 5.41) is 8.33. The molecule has 46 heavy (non-hydrogen) atoms. The Kier molecular flexibility index (Phi) is 8.48. The Morgan fingerprint density at radius 2 is 1.67 bits per heavy atom. The number of carbonyl (C=O) groups is 1. The summed E-state index contributed by atoms with van der Waals surface area (Å²) in [6.45, 7) is 6.02. The third-order valence-electron chi connectivity index (χ3n) is 10.4. The van der Waals surface area contributed by atoms with E-state index in [0.29, 0.717) is 55.4 Å². The molecule has 0 radical (unpaired) electrons. The van der Waals surface area contributed by atoms with Crippen LogP contribution in [0, 0.1) is 29.0 Å². The molecule has 1 N–H and O–H groups in total. The van der Waals surface area contributed by atoms with Gasteiger partial charge in [0.15, 0.2) is 11.5 Å². The van der Waals surface area contributed by atoms with Crippen LogP contribution in [0.5, 0.6) is 5.75 Å². The molecular weight excluding hydrogens is 605 g/mol. The van der Waals surface area contributed by atoms with Gasteiger partial charge in [-0.3, -0.25) is 9.69 Å². The molecule has 244 valence electrons. The second-order valence-corrected chi connectivity index (χ2v) is 15.6. The highest BCUT2D eigenvalue weighted by atomic mass is 32.2. The van der Waals surface area contributed by atoms with E-state index >= 15 is 4.39 Å². The predicted octanol–water partition coefficient (Wildman–Crippen LogP) is 5.28. The summed E-state index contributed by atoms with van der Waals surface area (Å²) in [4.78, 5) is 17.2. The highest BCUT2D eigenvalue weighted by Gasteiger charge is 2.52. The quantitative estimate of drug-likeness (QED) is 0.317. The number of halogens is 1. The van der Waals surface area contributed by atoms with Crippen LogP contribution in [-0.4, -0.2) is 68.0 Å². The van der Waals surface area contributed by atoms with Crippen LogP contribution in [0.15, 0.2) is 54.6 Å². The molecule has 2 heterocycles. The van der Waals surface area contributed by atoms with Crippen molar-refractivity contribution in [3.8, 4) is 16.9 Å². The zero-order valence-corrected chi connectivity index (χ0v) is 27.1. The molecule has 5 aliphatic rings. The molecular formula is C35H42FN5O4S. The van der Waals surface area contributed by atoms with E-state index in [0.717, 1.165) is 49.2 Å². The minimum absolute atomic E-state index is 0.00781. The number of ether oxygens (including phenoxy) is 1. The van der Waals surface area contributed by atoms with Gasteiger partial charge in [0.25, 0.3) is 5.91 Å². The number of nitrogens with one attached hydrogen (secondary N) is 1. The van der Waals surface area contributed by atoms with Crippen molar-refractivity contribution in [2.45, 2.75) is 52.0 Å². The predicted molar refractivity (Wildman–Crippen MR) is 174 cm³/mol. The number of amides is 1. The van der Waals surface area contributed by atoms with Gasteiger partial charge in [-0.2, -0.15) is 0 Å². The molecule has 8 rings (SSSR count). The van der Waals surface area contributed by atoms with Gasteiger partial charge in [-0.25, -0.2) is 17.5 Å². The van der Waals surface area contributed by atoms with E-state index in [1.54, 1.807) is 18.2 Å².